The van der Waals surface area contributed by atoms with Crippen LogP contribution in [0, 0.1) is 11.6 Å². The van der Waals surface area contributed by atoms with Crippen LogP contribution in [0.15, 0.2) is 42.5 Å². The molecule has 0 heterocycles. The lowest BCUT2D eigenvalue weighted by Gasteiger charge is -2.18. The van der Waals surface area contributed by atoms with E-state index in [0.717, 1.165) is 11.6 Å². The van der Waals surface area contributed by atoms with Gasteiger partial charge in [0.15, 0.2) is 0 Å². The molecule has 0 spiro atoms. The van der Waals surface area contributed by atoms with Crippen LogP contribution in [0.2, 0.25) is 5.02 Å². The number of hydrogen-bond acceptors (Lipinski definition) is 1. The van der Waals surface area contributed by atoms with Crippen molar-refractivity contribution in [3.63, 3.8) is 0 Å². The summed E-state index contributed by atoms with van der Waals surface area (Å²) < 4.78 is 26.4. The molecule has 0 saturated carbocycles. The van der Waals surface area contributed by atoms with Crippen LogP contribution >= 0.6 is 11.6 Å². The Morgan fingerprint density at radius 2 is 1.86 bits per heavy atom. The first kappa shape index (κ1) is 15.4. The third-order valence-corrected chi connectivity index (χ3v) is 3.52. The third-order valence-electron chi connectivity index (χ3n) is 3.15. The molecule has 2 aromatic rings. The normalized spacial score (nSPS) is 10.5. The first-order valence-corrected chi connectivity index (χ1v) is 6.76. The predicted molar refractivity (Wildman–Crippen MR) is 78.0 cm³/mol. The van der Waals surface area contributed by atoms with E-state index >= 15 is 0 Å². The second kappa shape index (κ2) is 6.68. The summed E-state index contributed by atoms with van der Waals surface area (Å²) in [6.45, 7) is 0.0788. The van der Waals surface area contributed by atoms with E-state index in [1.54, 1.807) is 31.3 Å². The van der Waals surface area contributed by atoms with Gasteiger partial charge in [0, 0.05) is 30.2 Å². The molecule has 5 heteroatoms. The molecule has 0 N–H and O–H groups in total. The van der Waals surface area contributed by atoms with Crippen LogP contribution in [0.4, 0.5) is 8.78 Å². The van der Waals surface area contributed by atoms with Crippen LogP contribution in [-0.4, -0.2) is 17.9 Å². The Balaban J connectivity index is 2.04. The Kier molecular flexibility index (Phi) is 4.91. The van der Waals surface area contributed by atoms with Gasteiger partial charge in [-0.25, -0.2) is 8.78 Å². The molecule has 21 heavy (non-hydrogen) atoms. The summed E-state index contributed by atoms with van der Waals surface area (Å²) >= 11 is 6.00. The molecule has 0 aliphatic carbocycles. The average molecular weight is 310 g/mol. The van der Waals surface area contributed by atoms with Gasteiger partial charge in [-0.05, 0) is 17.7 Å². The Bertz CT molecular complexity index is 660. The molecule has 1 amide bonds. The number of halogens is 3. The number of carbonyl (C=O) groups excluding carboxylic acids is 1. The quantitative estimate of drug-likeness (QED) is 0.841. The van der Waals surface area contributed by atoms with Crippen molar-refractivity contribution in [1.82, 2.24) is 4.90 Å². The van der Waals surface area contributed by atoms with Gasteiger partial charge < -0.3 is 4.90 Å². The van der Waals surface area contributed by atoms with Crippen molar-refractivity contribution < 1.29 is 13.6 Å². The third kappa shape index (κ3) is 4.02. The maximum atomic E-state index is 13.6. The van der Waals surface area contributed by atoms with Gasteiger partial charge in [-0.15, -0.1) is 0 Å². The van der Waals surface area contributed by atoms with E-state index in [4.69, 9.17) is 11.6 Å². The van der Waals surface area contributed by atoms with Gasteiger partial charge in [-0.3, -0.25) is 4.79 Å². The van der Waals surface area contributed by atoms with Crippen molar-refractivity contribution in [3.05, 3.63) is 70.2 Å². The second-order valence-electron chi connectivity index (χ2n) is 4.75. The fourth-order valence-corrected chi connectivity index (χ4v) is 2.14. The summed E-state index contributed by atoms with van der Waals surface area (Å²) in [6, 6.07) is 10.4. The van der Waals surface area contributed by atoms with Gasteiger partial charge in [0.1, 0.15) is 11.6 Å². The molecule has 0 aliphatic heterocycles. The number of hydrogen-bond donors (Lipinski definition) is 0. The van der Waals surface area contributed by atoms with Gasteiger partial charge in [0.05, 0.1) is 6.42 Å². The number of likely N-dealkylation sites (N-methyl/N-ethyl adjacent to an activating group) is 1. The largest absolute Gasteiger partial charge is 0.341 e. The average Bonchev–Trinajstić information content (AvgIpc) is 2.44. The maximum absolute atomic E-state index is 13.6. The summed E-state index contributed by atoms with van der Waals surface area (Å²) in [5.41, 5.74) is 0.988. The lowest BCUT2D eigenvalue weighted by Crippen LogP contribution is -2.28. The molecule has 0 bridgehead atoms. The standard InChI is InChI=1S/C16H14ClF2NO/c1-20(10-12-6-7-13(18)9-15(12)19)16(21)8-11-4-2-3-5-14(11)17/h2-7,9H,8,10H2,1H3. The van der Waals surface area contributed by atoms with Crippen molar-refractivity contribution in [1.29, 1.82) is 0 Å². The number of benzene rings is 2. The number of rotatable bonds is 4. The van der Waals surface area contributed by atoms with Crippen molar-refractivity contribution in [3.8, 4) is 0 Å². The van der Waals surface area contributed by atoms with E-state index in [1.807, 2.05) is 0 Å². The van der Waals surface area contributed by atoms with Crippen LogP contribution in [0.5, 0.6) is 0 Å². The highest BCUT2D eigenvalue weighted by molar-refractivity contribution is 6.31. The molecule has 110 valence electrons. The van der Waals surface area contributed by atoms with Crippen LogP contribution in [0.25, 0.3) is 0 Å². The van der Waals surface area contributed by atoms with Crippen LogP contribution in [-0.2, 0) is 17.8 Å². The molecule has 0 unspecified atom stereocenters. The van der Waals surface area contributed by atoms with E-state index < -0.39 is 11.6 Å². The fraction of sp³-hybridized carbons (Fsp3) is 0.188. The summed E-state index contributed by atoms with van der Waals surface area (Å²) in [5.74, 6) is -1.49. The zero-order chi connectivity index (χ0) is 15.4. The van der Waals surface area contributed by atoms with Gasteiger partial charge >= 0.3 is 0 Å². The molecule has 2 rings (SSSR count). The molecule has 0 aliphatic rings. The van der Waals surface area contributed by atoms with Gasteiger partial charge in [0.25, 0.3) is 0 Å². The van der Waals surface area contributed by atoms with E-state index in [9.17, 15) is 13.6 Å². The number of nitrogens with zero attached hydrogens (tertiary/aromatic N) is 1. The first-order chi connectivity index (χ1) is 9.97. The molecule has 2 aromatic carbocycles. The van der Waals surface area contributed by atoms with Crippen LogP contribution < -0.4 is 0 Å². The topological polar surface area (TPSA) is 20.3 Å². The molecule has 0 aromatic heterocycles. The predicted octanol–water partition coefficient (Wildman–Crippen LogP) is 3.82. The van der Waals surface area contributed by atoms with Crippen molar-refractivity contribution in [2.75, 3.05) is 7.05 Å². The second-order valence-corrected chi connectivity index (χ2v) is 5.16. The molecular formula is C16H14ClF2NO. The van der Waals surface area contributed by atoms with Gasteiger partial charge in [-0.1, -0.05) is 35.9 Å². The Labute approximate surface area is 127 Å². The van der Waals surface area contributed by atoms with Crippen molar-refractivity contribution in [2.24, 2.45) is 0 Å². The van der Waals surface area contributed by atoms with Crippen LogP contribution in [0.1, 0.15) is 11.1 Å². The van der Waals surface area contributed by atoms with Crippen molar-refractivity contribution >= 4 is 17.5 Å². The lowest BCUT2D eigenvalue weighted by molar-refractivity contribution is -0.129. The Hall–Kier alpha value is -1.94. The number of carbonyl (C=O) groups is 1. The van der Waals surface area contributed by atoms with E-state index in [1.165, 1.54) is 17.0 Å². The Morgan fingerprint density at radius 3 is 2.52 bits per heavy atom. The van der Waals surface area contributed by atoms with Crippen molar-refractivity contribution in [2.45, 2.75) is 13.0 Å². The Morgan fingerprint density at radius 1 is 1.14 bits per heavy atom. The smallest absolute Gasteiger partial charge is 0.227 e. The van der Waals surface area contributed by atoms with Gasteiger partial charge in [-0.2, -0.15) is 0 Å². The molecule has 2 nitrogen and oxygen atoms in total. The zero-order valence-electron chi connectivity index (χ0n) is 11.4. The molecule has 0 atom stereocenters. The molecule has 0 fully saturated rings. The number of amides is 1. The van der Waals surface area contributed by atoms with E-state index in [-0.39, 0.29) is 24.4 Å². The summed E-state index contributed by atoms with van der Waals surface area (Å²) in [5, 5.41) is 0.521. The zero-order valence-corrected chi connectivity index (χ0v) is 12.2. The van der Waals surface area contributed by atoms with E-state index in [0.29, 0.717) is 5.02 Å². The van der Waals surface area contributed by atoms with Crippen LogP contribution in [0.3, 0.4) is 0 Å². The first-order valence-electron chi connectivity index (χ1n) is 6.38. The molecule has 0 saturated heterocycles. The minimum Gasteiger partial charge on any atom is -0.341 e. The highest BCUT2D eigenvalue weighted by Crippen LogP contribution is 2.17. The lowest BCUT2D eigenvalue weighted by atomic mass is 10.1. The minimum atomic E-state index is -0.660. The van der Waals surface area contributed by atoms with E-state index in [2.05, 4.69) is 0 Å². The fourth-order valence-electron chi connectivity index (χ4n) is 1.93. The SMILES string of the molecule is CN(Cc1ccc(F)cc1F)C(=O)Cc1ccccc1Cl. The highest BCUT2D eigenvalue weighted by Gasteiger charge is 2.14. The molecular weight excluding hydrogens is 296 g/mol. The summed E-state index contributed by atoms with van der Waals surface area (Å²) in [7, 11) is 1.57. The highest BCUT2D eigenvalue weighted by atomic mass is 35.5. The monoisotopic (exact) mass is 309 g/mol. The summed E-state index contributed by atoms with van der Waals surface area (Å²) in [6.07, 6.45) is 0.138. The maximum Gasteiger partial charge on any atom is 0.227 e. The minimum absolute atomic E-state index is 0.0788. The van der Waals surface area contributed by atoms with Gasteiger partial charge in [0.2, 0.25) is 5.91 Å². The molecule has 0 radical (unpaired) electrons. The summed E-state index contributed by atoms with van der Waals surface area (Å²) in [4.78, 5) is 13.5.